The van der Waals surface area contributed by atoms with Crippen molar-refractivity contribution in [1.29, 1.82) is 0 Å². The first kappa shape index (κ1) is 12.0. The van der Waals surface area contributed by atoms with Gasteiger partial charge in [-0.1, -0.05) is 28.1 Å². The van der Waals surface area contributed by atoms with E-state index < -0.39 is 0 Å². The molecule has 1 saturated carbocycles. The highest BCUT2D eigenvalue weighted by Crippen LogP contribution is 2.43. The molecule has 0 saturated heterocycles. The summed E-state index contributed by atoms with van der Waals surface area (Å²) in [4.78, 5) is 12.3. The van der Waals surface area contributed by atoms with Crippen LogP contribution in [0.4, 0.5) is 5.69 Å². The molecule has 2 nitrogen and oxygen atoms in total. The number of aryl methyl sites for hydroxylation is 1. The van der Waals surface area contributed by atoms with E-state index in [0.717, 1.165) is 28.6 Å². The molecule has 1 N–H and O–H groups in total. The summed E-state index contributed by atoms with van der Waals surface area (Å²) in [5.74, 6) is 1.43. The molecule has 1 aromatic carbocycles. The fourth-order valence-corrected chi connectivity index (χ4v) is 3.73. The van der Waals surface area contributed by atoms with Crippen LogP contribution in [0.3, 0.4) is 0 Å². The molecular formula is C15H16BrNO. The minimum Gasteiger partial charge on any atom is -0.326 e. The van der Waals surface area contributed by atoms with Gasteiger partial charge in [-0.2, -0.15) is 0 Å². The molecule has 1 aromatic rings. The van der Waals surface area contributed by atoms with Gasteiger partial charge in [-0.25, -0.2) is 0 Å². The number of amides is 1. The minimum atomic E-state index is 0.166. The van der Waals surface area contributed by atoms with Crippen LogP contribution in [0.5, 0.6) is 0 Å². The topological polar surface area (TPSA) is 29.1 Å². The highest BCUT2D eigenvalue weighted by molar-refractivity contribution is 9.10. The van der Waals surface area contributed by atoms with Gasteiger partial charge < -0.3 is 5.32 Å². The van der Waals surface area contributed by atoms with Crippen LogP contribution in [0.15, 0.2) is 34.8 Å². The third-order valence-corrected chi connectivity index (χ3v) is 4.38. The molecule has 3 heteroatoms. The Morgan fingerprint density at radius 3 is 2.72 bits per heavy atom. The Morgan fingerprint density at radius 1 is 1.28 bits per heavy atom. The summed E-state index contributed by atoms with van der Waals surface area (Å²) in [5, 5.41) is 3.05. The van der Waals surface area contributed by atoms with Crippen molar-refractivity contribution in [3.8, 4) is 0 Å². The van der Waals surface area contributed by atoms with Crippen LogP contribution in [-0.4, -0.2) is 5.91 Å². The van der Waals surface area contributed by atoms with Gasteiger partial charge >= 0.3 is 0 Å². The Bertz CT molecular complexity index is 503. The van der Waals surface area contributed by atoms with Gasteiger partial charge in [0.15, 0.2) is 0 Å². The van der Waals surface area contributed by atoms with Gasteiger partial charge in [0.25, 0.3) is 0 Å². The van der Waals surface area contributed by atoms with Crippen molar-refractivity contribution in [2.75, 3.05) is 5.32 Å². The third-order valence-electron chi connectivity index (χ3n) is 3.93. The monoisotopic (exact) mass is 305 g/mol. The van der Waals surface area contributed by atoms with Crippen LogP contribution >= 0.6 is 15.9 Å². The zero-order chi connectivity index (χ0) is 12.7. The van der Waals surface area contributed by atoms with E-state index in [2.05, 4.69) is 33.4 Å². The quantitative estimate of drug-likeness (QED) is 0.825. The zero-order valence-corrected chi connectivity index (χ0v) is 11.9. The van der Waals surface area contributed by atoms with E-state index in [1.807, 2.05) is 25.1 Å². The first-order valence-corrected chi connectivity index (χ1v) is 7.17. The van der Waals surface area contributed by atoms with Crippen molar-refractivity contribution in [3.63, 3.8) is 0 Å². The molecule has 18 heavy (non-hydrogen) atoms. The van der Waals surface area contributed by atoms with Gasteiger partial charge in [-0.15, -0.1) is 0 Å². The van der Waals surface area contributed by atoms with Gasteiger partial charge in [0.2, 0.25) is 5.91 Å². The molecule has 94 valence electrons. The summed E-state index contributed by atoms with van der Waals surface area (Å²) in [5.41, 5.74) is 2.03. The molecule has 0 aliphatic heterocycles. The second-order valence-corrected chi connectivity index (χ2v) is 6.31. The van der Waals surface area contributed by atoms with Crippen molar-refractivity contribution in [2.45, 2.75) is 19.8 Å². The number of hydrogen-bond acceptors (Lipinski definition) is 1. The maximum Gasteiger partial charge on any atom is 0.228 e. The Labute approximate surface area is 116 Å². The first-order chi connectivity index (χ1) is 8.61. The Kier molecular flexibility index (Phi) is 3.02. The average molecular weight is 306 g/mol. The van der Waals surface area contributed by atoms with E-state index >= 15 is 0 Å². The van der Waals surface area contributed by atoms with Gasteiger partial charge in [-0.3, -0.25) is 4.79 Å². The molecule has 1 amide bonds. The summed E-state index contributed by atoms with van der Waals surface area (Å²) < 4.78 is 1.01. The SMILES string of the molecule is Cc1cc(Br)cc(NC(=O)C2CC3C=CC2C3)c1. The second kappa shape index (κ2) is 4.54. The van der Waals surface area contributed by atoms with Gasteiger partial charge in [0.05, 0.1) is 0 Å². The Hall–Kier alpha value is -1.09. The molecule has 0 heterocycles. The van der Waals surface area contributed by atoms with Crippen LogP contribution in [0.2, 0.25) is 0 Å². The Balaban J connectivity index is 1.73. The number of halogens is 1. The minimum absolute atomic E-state index is 0.166. The number of carbonyl (C=O) groups is 1. The second-order valence-electron chi connectivity index (χ2n) is 5.39. The fourth-order valence-electron chi connectivity index (χ4n) is 3.13. The highest BCUT2D eigenvalue weighted by Gasteiger charge is 2.39. The summed E-state index contributed by atoms with van der Waals surface area (Å²) in [6.07, 6.45) is 6.65. The summed E-state index contributed by atoms with van der Waals surface area (Å²) in [6.45, 7) is 2.03. The summed E-state index contributed by atoms with van der Waals surface area (Å²) >= 11 is 3.46. The highest BCUT2D eigenvalue weighted by atomic mass is 79.9. The lowest BCUT2D eigenvalue weighted by molar-refractivity contribution is -0.120. The van der Waals surface area contributed by atoms with Crippen LogP contribution in [-0.2, 0) is 4.79 Å². The van der Waals surface area contributed by atoms with Crippen molar-refractivity contribution in [3.05, 3.63) is 40.4 Å². The largest absolute Gasteiger partial charge is 0.326 e. The molecule has 0 aromatic heterocycles. The number of fused-ring (bicyclic) bond motifs is 2. The molecule has 3 atom stereocenters. The van der Waals surface area contributed by atoms with Crippen LogP contribution in [0, 0.1) is 24.7 Å². The number of nitrogens with one attached hydrogen (secondary N) is 1. The first-order valence-electron chi connectivity index (χ1n) is 6.38. The fraction of sp³-hybridized carbons (Fsp3) is 0.400. The molecule has 3 rings (SSSR count). The lowest BCUT2D eigenvalue weighted by atomic mass is 9.93. The molecule has 2 aliphatic carbocycles. The van der Waals surface area contributed by atoms with Crippen LogP contribution in [0.25, 0.3) is 0 Å². The van der Waals surface area contributed by atoms with E-state index in [-0.39, 0.29) is 11.8 Å². The molecule has 0 radical (unpaired) electrons. The third kappa shape index (κ3) is 2.24. The number of rotatable bonds is 2. The van der Waals surface area contributed by atoms with E-state index in [4.69, 9.17) is 0 Å². The number of carbonyl (C=O) groups excluding carboxylic acids is 1. The van der Waals surface area contributed by atoms with Gasteiger partial charge in [0.1, 0.15) is 0 Å². The summed E-state index contributed by atoms with van der Waals surface area (Å²) in [6, 6.07) is 6.00. The number of anilines is 1. The van der Waals surface area contributed by atoms with Gasteiger partial charge in [0, 0.05) is 16.1 Å². The lowest BCUT2D eigenvalue weighted by Gasteiger charge is -2.17. The smallest absolute Gasteiger partial charge is 0.228 e. The molecule has 2 aliphatic rings. The molecule has 3 unspecified atom stereocenters. The predicted octanol–water partition coefficient (Wildman–Crippen LogP) is 3.91. The number of hydrogen-bond donors (Lipinski definition) is 1. The van der Waals surface area contributed by atoms with Crippen molar-refractivity contribution < 1.29 is 4.79 Å². The maximum absolute atomic E-state index is 12.3. The predicted molar refractivity (Wildman–Crippen MR) is 76.4 cm³/mol. The normalized spacial score (nSPS) is 28.7. The molecule has 0 spiro atoms. The maximum atomic E-state index is 12.3. The van der Waals surface area contributed by atoms with E-state index in [1.54, 1.807) is 0 Å². The molecule has 1 fully saturated rings. The average Bonchev–Trinajstić information content (AvgIpc) is 2.88. The zero-order valence-electron chi connectivity index (χ0n) is 10.3. The van der Waals surface area contributed by atoms with E-state index in [0.29, 0.717) is 11.8 Å². The number of benzene rings is 1. The molecular weight excluding hydrogens is 290 g/mol. The lowest BCUT2D eigenvalue weighted by Crippen LogP contribution is -2.25. The van der Waals surface area contributed by atoms with Crippen LogP contribution in [0.1, 0.15) is 18.4 Å². The Morgan fingerprint density at radius 2 is 2.11 bits per heavy atom. The van der Waals surface area contributed by atoms with Crippen LogP contribution < -0.4 is 5.32 Å². The standard InChI is InChI=1S/C15H16BrNO/c1-9-4-12(16)8-13(5-9)17-15(18)14-7-10-2-3-11(14)6-10/h2-5,8,10-11,14H,6-7H2,1H3,(H,17,18). The summed E-state index contributed by atoms with van der Waals surface area (Å²) in [7, 11) is 0. The van der Waals surface area contributed by atoms with Crippen molar-refractivity contribution in [1.82, 2.24) is 0 Å². The van der Waals surface area contributed by atoms with Gasteiger partial charge in [-0.05, 0) is 55.4 Å². The van der Waals surface area contributed by atoms with Crippen molar-refractivity contribution >= 4 is 27.5 Å². The van der Waals surface area contributed by atoms with E-state index in [1.165, 1.54) is 0 Å². The number of allylic oxidation sites excluding steroid dienone is 2. The van der Waals surface area contributed by atoms with E-state index in [9.17, 15) is 4.79 Å². The molecule has 2 bridgehead atoms. The van der Waals surface area contributed by atoms with Crippen molar-refractivity contribution in [2.24, 2.45) is 17.8 Å².